The Kier molecular flexibility index (Phi) is 5.83. The Balaban J connectivity index is 2.67. The van der Waals surface area contributed by atoms with E-state index in [4.69, 9.17) is 4.74 Å². The van der Waals surface area contributed by atoms with Crippen LogP contribution in [0.5, 0.6) is 5.88 Å². The third-order valence-corrected chi connectivity index (χ3v) is 2.44. The SMILES string of the molecule is CCCCCCOc1ncnc(NC)c1[N+](=O)[O-]. The summed E-state index contributed by atoms with van der Waals surface area (Å²) in [5.41, 5.74) is -0.213. The van der Waals surface area contributed by atoms with Gasteiger partial charge in [0, 0.05) is 7.05 Å². The smallest absolute Gasteiger partial charge is 0.372 e. The Labute approximate surface area is 106 Å². The number of ether oxygens (including phenoxy) is 1. The van der Waals surface area contributed by atoms with E-state index in [-0.39, 0.29) is 17.4 Å². The van der Waals surface area contributed by atoms with Crippen molar-refractivity contribution in [2.24, 2.45) is 0 Å². The first-order valence-electron chi connectivity index (χ1n) is 6.00. The van der Waals surface area contributed by atoms with Gasteiger partial charge in [0.15, 0.2) is 0 Å². The molecule has 0 aliphatic rings. The topological polar surface area (TPSA) is 90.2 Å². The average molecular weight is 254 g/mol. The molecule has 0 aliphatic heterocycles. The Morgan fingerprint density at radius 1 is 1.39 bits per heavy atom. The Morgan fingerprint density at radius 3 is 2.78 bits per heavy atom. The molecule has 0 atom stereocenters. The maximum atomic E-state index is 10.9. The molecule has 0 bridgehead atoms. The molecule has 0 aliphatic carbocycles. The number of anilines is 1. The largest absolute Gasteiger partial charge is 0.473 e. The minimum Gasteiger partial charge on any atom is -0.473 e. The van der Waals surface area contributed by atoms with Crippen molar-refractivity contribution in [2.45, 2.75) is 32.6 Å². The number of hydrogen-bond donors (Lipinski definition) is 1. The molecule has 1 heterocycles. The van der Waals surface area contributed by atoms with Crippen molar-refractivity contribution in [1.82, 2.24) is 9.97 Å². The highest BCUT2D eigenvalue weighted by Gasteiger charge is 2.23. The lowest BCUT2D eigenvalue weighted by atomic mass is 10.2. The zero-order valence-electron chi connectivity index (χ0n) is 10.7. The summed E-state index contributed by atoms with van der Waals surface area (Å²) in [4.78, 5) is 18.0. The molecular weight excluding hydrogens is 236 g/mol. The second-order valence-electron chi connectivity index (χ2n) is 3.79. The van der Waals surface area contributed by atoms with E-state index in [0.29, 0.717) is 6.61 Å². The van der Waals surface area contributed by atoms with Gasteiger partial charge in [-0.3, -0.25) is 10.1 Å². The van der Waals surface area contributed by atoms with Gasteiger partial charge in [-0.15, -0.1) is 0 Å². The Hall–Kier alpha value is -1.92. The third kappa shape index (κ3) is 3.83. The van der Waals surface area contributed by atoms with Crippen LogP contribution in [0.2, 0.25) is 0 Å². The zero-order chi connectivity index (χ0) is 13.4. The second kappa shape index (κ2) is 7.41. The van der Waals surface area contributed by atoms with Crippen LogP contribution in [0.1, 0.15) is 32.6 Å². The lowest BCUT2D eigenvalue weighted by molar-refractivity contribution is -0.385. The van der Waals surface area contributed by atoms with Crippen LogP contribution in [0.15, 0.2) is 6.33 Å². The van der Waals surface area contributed by atoms with Gasteiger partial charge >= 0.3 is 5.69 Å². The van der Waals surface area contributed by atoms with Crippen molar-refractivity contribution in [2.75, 3.05) is 19.0 Å². The average Bonchev–Trinajstić information content (AvgIpc) is 2.37. The number of unbranched alkanes of at least 4 members (excludes halogenated alkanes) is 3. The molecule has 1 aromatic heterocycles. The molecule has 0 saturated carbocycles. The van der Waals surface area contributed by atoms with Crippen molar-refractivity contribution in [3.8, 4) is 5.88 Å². The lowest BCUT2D eigenvalue weighted by Gasteiger charge is -2.07. The summed E-state index contributed by atoms with van der Waals surface area (Å²) >= 11 is 0. The molecule has 0 spiro atoms. The molecule has 0 saturated heterocycles. The summed E-state index contributed by atoms with van der Waals surface area (Å²) < 4.78 is 5.35. The Bertz CT molecular complexity index is 398. The fourth-order valence-corrected chi connectivity index (χ4v) is 1.51. The van der Waals surface area contributed by atoms with Crippen molar-refractivity contribution >= 4 is 11.5 Å². The number of rotatable bonds is 8. The van der Waals surface area contributed by atoms with Crippen molar-refractivity contribution in [1.29, 1.82) is 0 Å². The minimum atomic E-state index is -0.535. The van der Waals surface area contributed by atoms with E-state index in [9.17, 15) is 10.1 Å². The number of nitrogens with zero attached hydrogens (tertiary/aromatic N) is 3. The standard InChI is InChI=1S/C11H18N4O3/c1-3-4-5-6-7-18-11-9(15(16)17)10(12-2)13-8-14-11/h8H,3-7H2,1-2H3,(H,12,13,14). The number of hydrogen-bond acceptors (Lipinski definition) is 6. The van der Waals surface area contributed by atoms with Crippen molar-refractivity contribution in [3.63, 3.8) is 0 Å². The molecule has 18 heavy (non-hydrogen) atoms. The maximum Gasteiger partial charge on any atom is 0.372 e. The quantitative estimate of drug-likeness (QED) is 0.435. The zero-order valence-corrected chi connectivity index (χ0v) is 10.7. The summed E-state index contributed by atoms with van der Waals surface area (Å²) in [5.74, 6) is 0.189. The van der Waals surface area contributed by atoms with Crippen LogP contribution in [0.25, 0.3) is 0 Å². The normalized spacial score (nSPS) is 10.1. The predicted molar refractivity (Wildman–Crippen MR) is 67.9 cm³/mol. The first-order valence-corrected chi connectivity index (χ1v) is 6.00. The van der Waals surface area contributed by atoms with Gasteiger partial charge in [0.25, 0.3) is 5.88 Å². The molecule has 7 heteroatoms. The third-order valence-electron chi connectivity index (χ3n) is 2.44. The van der Waals surface area contributed by atoms with Crippen LogP contribution in [0.4, 0.5) is 11.5 Å². The minimum absolute atomic E-state index is 0.0239. The van der Waals surface area contributed by atoms with Gasteiger partial charge in [-0.05, 0) is 6.42 Å². The summed E-state index contributed by atoms with van der Waals surface area (Å²) in [6.07, 6.45) is 5.44. The fraction of sp³-hybridized carbons (Fsp3) is 0.636. The van der Waals surface area contributed by atoms with Gasteiger partial charge in [0.2, 0.25) is 5.82 Å². The number of nitrogens with one attached hydrogen (secondary N) is 1. The van der Waals surface area contributed by atoms with E-state index in [2.05, 4.69) is 22.2 Å². The van der Waals surface area contributed by atoms with Gasteiger partial charge in [-0.2, -0.15) is 4.98 Å². The number of aromatic nitrogens is 2. The molecule has 100 valence electrons. The summed E-state index contributed by atoms with van der Waals surface area (Å²) in [6, 6.07) is 0. The molecule has 7 nitrogen and oxygen atoms in total. The van der Waals surface area contributed by atoms with Gasteiger partial charge in [-0.25, -0.2) is 4.98 Å². The molecule has 0 radical (unpaired) electrons. The lowest BCUT2D eigenvalue weighted by Crippen LogP contribution is -2.06. The van der Waals surface area contributed by atoms with E-state index in [0.717, 1.165) is 25.7 Å². The maximum absolute atomic E-state index is 10.9. The number of nitro groups is 1. The van der Waals surface area contributed by atoms with Crippen LogP contribution >= 0.6 is 0 Å². The van der Waals surface area contributed by atoms with Crippen molar-refractivity contribution < 1.29 is 9.66 Å². The second-order valence-corrected chi connectivity index (χ2v) is 3.79. The molecule has 0 aromatic carbocycles. The van der Waals surface area contributed by atoms with E-state index >= 15 is 0 Å². The van der Waals surface area contributed by atoms with Gasteiger partial charge < -0.3 is 10.1 Å². The monoisotopic (exact) mass is 254 g/mol. The molecule has 0 fully saturated rings. The first kappa shape index (κ1) is 14.1. The van der Waals surface area contributed by atoms with E-state index in [1.165, 1.54) is 6.33 Å². The van der Waals surface area contributed by atoms with Gasteiger partial charge in [-0.1, -0.05) is 26.2 Å². The van der Waals surface area contributed by atoms with Crippen LogP contribution in [0, 0.1) is 10.1 Å². The highest BCUT2D eigenvalue weighted by Crippen LogP contribution is 2.30. The molecule has 1 aromatic rings. The van der Waals surface area contributed by atoms with Crippen molar-refractivity contribution in [3.05, 3.63) is 16.4 Å². The first-order chi connectivity index (χ1) is 8.70. The van der Waals surface area contributed by atoms with Gasteiger partial charge in [0.1, 0.15) is 6.33 Å². The Morgan fingerprint density at radius 2 is 2.17 bits per heavy atom. The molecule has 1 N–H and O–H groups in total. The summed E-state index contributed by atoms with van der Waals surface area (Å²) in [5, 5.41) is 13.6. The fourth-order valence-electron chi connectivity index (χ4n) is 1.51. The predicted octanol–water partition coefficient (Wildman–Crippen LogP) is 2.39. The summed E-state index contributed by atoms with van der Waals surface area (Å²) in [6.45, 7) is 2.55. The highest BCUT2D eigenvalue weighted by atomic mass is 16.6. The van der Waals surface area contributed by atoms with Crippen LogP contribution < -0.4 is 10.1 Å². The molecular formula is C11H18N4O3. The van der Waals surface area contributed by atoms with E-state index in [1.54, 1.807) is 7.05 Å². The molecule has 0 amide bonds. The van der Waals surface area contributed by atoms with Crippen LogP contribution in [-0.2, 0) is 0 Å². The van der Waals surface area contributed by atoms with Crippen LogP contribution in [0.3, 0.4) is 0 Å². The molecule has 1 rings (SSSR count). The highest BCUT2D eigenvalue weighted by molar-refractivity contribution is 5.60. The van der Waals surface area contributed by atoms with Crippen LogP contribution in [-0.4, -0.2) is 28.5 Å². The van der Waals surface area contributed by atoms with Gasteiger partial charge in [0.05, 0.1) is 11.5 Å². The van der Waals surface area contributed by atoms with E-state index in [1.807, 2.05) is 0 Å². The molecule has 0 unspecified atom stereocenters. The van der Waals surface area contributed by atoms with E-state index < -0.39 is 4.92 Å². The summed E-state index contributed by atoms with van der Waals surface area (Å²) in [7, 11) is 1.57.